The standard InChI is InChI=1S/C40H40N2/c1-7-12-28(4)37-24-23-33-21-19-31(30(6)40(33)42-37)18-17-27(3)34-22-20-32(13-8-2)36(26-34)39-29(5)14-11-15-35(39)38-16-9-10-25-41-38/h9-11,14-26H,4,6-8,12-13H2,1-3,5H3/b27-17+,31-18-. The molecular formula is C40H40N2. The van der Waals surface area contributed by atoms with Crippen molar-refractivity contribution in [3.05, 3.63) is 131 Å². The van der Waals surface area contributed by atoms with Gasteiger partial charge in [0.05, 0.1) is 16.9 Å². The Bertz CT molecular complexity index is 1890. The van der Waals surface area contributed by atoms with Crippen LogP contribution in [0.1, 0.15) is 62.4 Å². The minimum Gasteiger partial charge on any atom is -0.256 e. The van der Waals surface area contributed by atoms with Crippen LogP contribution >= 0.6 is 0 Å². The molecule has 0 bridgehead atoms. The molecule has 0 radical (unpaired) electrons. The number of aryl methyl sites for hydroxylation is 2. The van der Waals surface area contributed by atoms with Crippen LogP contribution < -0.4 is 10.4 Å². The monoisotopic (exact) mass is 548 g/mol. The lowest BCUT2D eigenvalue weighted by molar-refractivity contribution is 0.923. The molecule has 2 heterocycles. The van der Waals surface area contributed by atoms with Gasteiger partial charge in [0.1, 0.15) is 0 Å². The summed E-state index contributed by atoms with van der Waals surface area (Å²) in [4.78, 5) is 9.64. The third-order valence-electron chi connectivity index (χ3n) is 8.00. The van der Waals surface area contributed by atoms with Gasteiger partial charge in [-0.3, -0.25) is 4.98 Å². The third-order valence-corrected chi connectivity index (χ3v) is 8.00. The van der Waals surface area contributed by atoms with Crippen LogP contribution in [0.15, 0.2) is 97.7 Å². The number of rotatable bonds is 9. The van der Waals surface area contributed by atoms with E-state index in [1.54, 1.807) is 0 Å². The van der Waals surface area contributed by atoms with E-state index in [2.05, 4.69) is 126 Å². The summed E-state index contributed by atoms with van der Waals surface area (Å²) in [6.07, 6.45) is 10.4. The van der Waals surface area contributed by atoms with Crippen molar-refractivity contribution in [2.45, 2.75) is 53.4 Å². The molecular weight excluding hydrogens is 508 g/mol. The van der Waals surface area contributed by atoms with Gasteiger partial charge >= 0.3 is 0 Å². The maximum Gasteiger partial charge on any atom is 0.0781 e. The molecule has 0 fully saturated rings. The molecule has 0 N–H and O–H groups in total. The Morgan fingerprint density at radius 3 is 2.48 bits per heavy atom. The highest BCUT2D eigenvalue weighted by Crippen LogP contribution is 2.37. The van der Waals surface area contributed by atoms with E-state index < -0.39 is 0 Å². The van der Waals surface area contributed by atoms with E-state index in [0.29, 0.717) is 0 Å². The number of aromatic nitrogens is 2. The molecule has 2 aromatic heterocycles. The molecule has 0 unspecified atom stereocenters. The van der Waals surface area contributed by atoms with Gasteiger partial charge in [0.2, 0.25) is 0 Å². The van der Waals surface area contributed by atoms with Crippen molar-refractivity contribution in [3.8, 4) is 22.4 Å². The lowest BCUT2D eigenvalue weighted by Crippen LogP contribution is -2.24. The van der Waals surface area contributed by atoms with Gasteiger partial charge in [-0.25, -0.2) is 4.98 Å². The number of hydrogen-bond acceptors (Lipinski definition) is 2. The van der Waals surface area contributed by atoms with Gasteiger partial charge in [0.15, 0.2) is 0 Å². The minimum absolute atomic E-state index is 0.942. The fourth-order valence-electron chi connectivity index (χ4n) is 5.66. The molecule has 0 saturated carbocycles. The molecule has 5 rings (SSSR count). The second kappa shape index (κ2) is 13.0. The summed E-state index contributed by atoms with van der Waals surface area (Å²) < 4.78 is 0. The molecule has 0 aliphatic carbocycles. The van der Waals surface area contributed by atoms with E-state index in [9.17, 15) is 0 Å². The molecule has 0 saturated heterocycles. The third kappa shape index (κ3) is 6.04. The van der Waals surface area contributed by atoms with Gasteiger partial charge < -0.3 is 0 Å². The van der Waals surface area contributed by atoms with Crippen molar-refractivity contribution in [2.75, 3.05) is 0 Å². The van der Waals surface area contributed by atoms with Crippen LogP contribution in [0.25, 0.3) is 57.1 Å². The summed E-state index contributed by atoms with van der Waals surface area (Å²) >= 11 is 0. The Morgan fingerprint density at radius 1 is 0.881 bits per heavy atom. The number of allylic oxidation sites excluding steroid dienone is 3. The van der Waals surface area contributed by atoms with Crippen LogP contribution in [0.2, 0.25) is 0 Å². The molecule has 0 spiro atoms. The van der Waals surface area contributed by atoms with Gasteiger partial charge in [0, 0.05) is 22.4 Å². The molecule has 2 nitrogen and oxygen atoms in total. The van der Waals surface area contributed by atoms with Gasteiger partial charge in [0.25, 0.3) is 0 Å². The second-order valence-electron chi connectivity index (χ2n) is 11.1. The van der Waals surface area contributed by atoms with E-state index in [-0.39, 0.29) is 0 Å². The van der Waals surface area contributed by atoms with Crippen LogP contribution in [0.5, 0.6) is 0 Å². The first-order chi connectivity index (χ1) is 20.4. The Labute approximate surface area is 250 Å². The summed E-state index contributed by atoms with van der Waals surface area (Å²) in [6, 6.07) is 28.0. The predicted molar refractivity (Wildman–Crippen MR) is 182 cm³/mol. The van der Waals surface area contributed by atoms with Crippen LogP contribution in [-0.2, 0) is 6.42 Å². The molecule has 3 aromatic carbocycles. The van der Waals surface area contributed by atoms with E-state index >= 15 is 0 Å². The maximum atomic E-state index is 4.95. The molecule has 0 atom stereocenters. The van der Waals surface area contributed by atoms with E-state index in [1.165, 1.54) is 39.0 Å². The summed E-state index contributed by atoms with van der Waals surface area (Å²) in [5, 5.41) is 3.12. The number of hydrogen-bond donors (Lipinski definition) is 0. The Balaban J connectivity index is 1.59. The first-order valence-corrected chi connectivity index (χ1v) is 15.0. The molecule has 42 heavy (non-hydrogen) atoms. The number of nitrogens with zero attached hydrogens (tertiary/aromatic N) is 2. The van der Waals surface area contributed by atoms with Crippen LogP contribution in [0.3, 0.4) is 0 Å². The topological polar surface area (TPSA) is 25.8 Å². The summed E-state index contributed by atoms with van der Waals surface area (Å²) in [5.74, 6) is 0. The zero-order valence-corrected chi connectivity index (χ0v) is 25.4. The lowest BCUT2D eigenvalue weighted by Gasteiger charge is -2.18. The predicted octanol–water partition coefficient (Wildman–Crippen LogP) is 9.33. The number of fused-ring (bicyclic) bond motifs is 1. The van der Waals surface area contributed by atoms with E-state index in [0.717, 1.165) is 64.0 Å². The molecule has 0 aliphatic rings. The Kier molecular flexibility index (Phi) is 8.93. The van der Waals surface area contributed by atoms with Crippen molar-refractivity contribution >= 4 is 34.7 Å². The average molecular weight is 549 g/mol. The zero-order valence-electron chi connectivity index (χ0n) is 25.4. The summed E-state index contributed by atoms with van der Waals surface area (Å²) in [6.45, 7) is 17.5. The Morgan fingerprint density at radius 2 is 1.71 bits per heavy atom. The maximum absolute atomic E-state index is 4.95. The summed E-state index contributed by atoms with van der Waals surface area (Å²) in [7, 11) is 0. The lowest BCUT2D eigenvalue weighted by atomic mass is 9.87. The fourth-order valence-corrected chi connectivity index (χ4v) is 5.66. The molecule has 0 amide bonds. The van der Waals surface area contributed by atoms with Crippen LogP contribution in [-0.4, -0.2) is 9.97 Å². The number of benzene rings is 3. The number of pyridine rings is 2. The largest absolute Gasteiger partial charge is 0.256 e. The first-order valence-electron chi connectivity index (χ1n) is 15.0. The quantitative estimate of drug-likeness (QED) is 0.183. The highest BCUT2D eigenvalue weighted by molar-refractivity contribution is 5.88. The van der Waals surface area contributed by atoms with Crippen molar-refractivity contribution in [1.82, 2.24) is 9.97 Å². The van der Waals surface area contributed by atoms with Gasteiger partial charge in [-0.1, -0.05) is 107 Å². The first kappa shape index (κ1) is 29.0. The molecule has 210 valence electrons. The normalized spacial score (nSPS) is 12.2. The highest BCUT2D eigenvalue weighted by Gasteiger charge is 2.15. The fraction of sp³-hybridized carbons (Fsp3) is 0.200. The molecule has 2 heteroatoms. The summed E-state index contributed by atoms with van der Waals surface area (Å²) in [5.41, 5.74) is 12.7. The van der Waals surface area contributed by atoms with Crippen molar-refractivity contribution in [1.29, 1.82) is 0 Å². The minimum atomic E-state index is 0.942. The van der Waals surface area contributed by atoms with Crippen LogP contribution in [0.4, 0.5) is 0 Å². The molecule has 5 aromatic rings. The second-order valence-corrected chi connectivity index (χ2v) is 11.1. The van der Waals surface area contributed by atoms with E-state index in [4.69, 9.17) is 9.97 Å². The van der Waals surface area contributed by atoms with Crippen molar-refractivity contribution in [3.63, 3.8) is 0 Å². The Hall–Kier alpha value is -4.56. The van der Waals surface area contributed by atoms with Gasteiger partial charge in [-0.05, 0) is 95.1 Å². The molecule has 0 aliphatic heterocycles. The van der Waals surface area contributed by atoms with Gasteiger partial charge in [-0.2, -0.15) is 0 Å². The average Bonchev–Trinajstić information content (AvgIpc) is 3.01. The van der Waals surface area contributed by atoms with Crippen LogP contribution in [0, 0.1) is 6.92 Å². The van der Waals surface area contributed by atoms with Crippen molar-refractivity contribution < 1.29 is 0 Å². The zero-order chi connectivity index (χ0) is 29.6. The smallest absolute Gasteiger partial charge is 0.0781 e. The van der Waals surface area contributed by atoms with E-state index in [1.807, 2.05) is 12.3 Å². The highest BCUT2D eigenvalue weighted by atomic mass is 14.7. The van der Waals surface area contributed by atoms with Crippen molar-refractivity contribution in [2.24, 2.45) is 0 Å². The van der Waals surface area contributed by atoms with Gasteiger partial charge in [-0.15, -0.1) is 0 Å². The SMILES string of the molecule is C=C(CCC)c1ccc2cc/c(=C/C=C(\C)c3ccc(CCC)c(-c4c(C)cccc4-c4ccccn4)c3)c(=C)c2n1.